The van der Waals surface area contributed by atoms with Crippen molar-refractivity contribution in [3.8, 4) is 0 Å². The fourth-order valence-electron chi connectivity index (χ4n) is 1.88. The molecule has 1 aromatic rings. The summed E-state index contributed by atoms with van der Waals surface area (Å²) in [5.74, 6) is -0.399. The Morgan fingerprint density at radius 2 is 2.14 bits per heavy atom. The molecule has 21 heavy (non-hydrogen) atoms. The zero-order chi connectivity index (χ0) is 15.5. The third-order valence-electron chi connectivity index (χ3n) is 3.03. The number of carbonyl (C=O) groups is 2. The van der Waals surface area contributed by atoms with Gasteiger partial charge in [0.15, 0.2) is 5.69 Å². The normalized spacial score (nSPS) is 15.4. The molecule has 0 aliphatic carbocycles. The fourth-order valence-corrected chi connectivity index (χ4v) is 1.88. The molecular weight excluding hydrogens is 272 g/mol. The predicted octanol–water partition coefficient (Wildman–Crippen LogP) is -0.543. The molecule has 3 N–H and O–H groups in total. The van der Waals surface area contributed by atoms with E-state index in [1.165, 1.54) is 0 Å². The molecule has 0 unspecified atom stereocenters. The molecule has 0 spiro atoms. The number of aromatic nitrogens is 3. The summed E-state index contributed by atoms with van der Waals surface area (Å²) in [6, 6.07) is 0.275. The van der Waals surface area contributed by atoms with E-state index in [-0.39, 0.29) is 42.1 Å². The molecule has 0 atom stereocenters. The lowest BCUT2D eigenvalue weighted by molar-refractivity contribution is -0.122. The largest absolute Gasteiger partial charge is 0.351 e. The quantitative estimate of drug-likeness (QED) is 0.677. The second-order valence-electron chi connectivity index (χ2n) is 6.20. The van der Waals surface area contributed by atoms with Crippen LogP contribution in [-0.4, -0.2) is 52.0 Å². The minimum atomic E-state index is -0.308. The Morgan fingerprint density at radius 1 is 1.43 bits per heavy atom. The lowest BCUT2D eigenvalue weighted by Gasteiger charge is -2.26. The van der Waals surface area contributed by atoms with Crippen molar-refractivity contribution < 1.29 is 9.59 Å². The average molecular weight is 294 g/mol. The summed E-state index contributed by atoms with van der Waals surface area (Å²) in [6.07, 6.45) is 1.87. The smallest absolute Gasteiger partial charge is 0.273 e. The summed E-state index contributed by atoms with van der Waals surface area (Å²) < 4.78 is 1.69. The number of amides is 2. The summed E-state index contributed by atoms with van der Waals surface area (Å²) in [5, 5.41) is 16.4. The van der Waals surface area contributed by atoms with E-state index in [0.29, 0.717) is 0 Å². The van der Waals surface area contributed by atoms with Crippen LogP contribution in [0.4, 0.5) is 0 Å². The van der Waals surface area contributed by atoms with E-state index in [9.17, 15) is 9.59 Å². The maximum absolute atomic E-state index is 11.9. The van der Waals surface area contributed by atoms with Gasteiger partial charge in [0, 0.05) is 31.6 Å². The third-order valence-corrected chi connectivity index (χ3v) is 3.03. The van der Waals surface area contributed by atoms with Gasteiger partial charge in [-0.05, 0) is 20.8 Å². The number of hydrogen-bond acceptors (Lipinski definition) is 5. The summed E-state index contributed by atoms with van der Waals surface area (Å²) >= 11 is 0. The number of nitrogens with zero attached hydrogens (tertiary/aromatic N) is 3. The summed E-state index contributed by atoms with van der Waals surface area (Å²) in [7, 11) is 0. The monoisotopic (exact) mass is 294 g/mol. The van der Waals surface area contributed by atoms with Gasteiger partial charge in [0.2, 0.25) is 5.91 Å². The molecule has 1 fully saturated rings. The average Bonchev–Trinajstić information content (AvgIpc) is 2.73. The molecule has 0 saturated carbocycles. The number of carbonyl (C=O) groups excluding carboxylic acids is 2. The zero-order valence-corrected chi connectivity index (χ0v) is 12.6. The van der Waals surface area contributed by atoms with E-state index in [1.54, 1.807) is 10.9 Å². The van der Waals surface area contributed by atoms with E-state index in [0.717, 1.165) is 13.1 Å². The third kappa shape index (κ3) is 4.52. The molecule has 1 saturated heterocycles. The van der Waals surface area contributed by atoms with Gasteiger partial charge >= 0.3 is 0 Å². The Bertz CT molecular complexity index is 515. The molecule has 1 aromatic heterocycles. The number of hydrogen-bond donors (Lipinski definition) is 3. The molecular formula is C13H22N6O2. The molecule has 2 heterocycles. The highest BCUT2D eigenvalue weighted by molar-refractivity contribution is 5.92. The van der Waals surface area contributed by atoms with Crippen molar-refractivity contribution in [3.05, 3.63) is 11.9 Å². The standard InChI is InChI=1S/C13H22N6O2/c1-13(2,3)16-11(20)4-5-15-12(21)10-8-19(18-17-10)9-6-14-7-9/h8-9,14H,4-7H2,1-3H3,(H,15,21)(H,16,20). The van der Waals surface area contributed by atoms with E-state index >= 15 is 0 Å². The molecule has 116 valence electrons. The van der Waals surface area contributed by atoms with Crippen molar-refractivity contribution in [3.63, 3.8) is 0 Å². The van der Waals surface area contributed by atoms with Crippen molar-refractivity contribution >= 4 is 11.8 Å². The van der Waals surface area contributed by atoms with Crippen LogP contribution in [0.1, 0.15) is 43.7 Å². The minimum Gasteiger partial charge on any atom is -0.351 e. The summed E-state index contributed by atoms with van der Waals surface area (Å²) in [6.45, 7) is 7.71. The Kier molecular flexibility index (Phi) is 4.56. The molecule has 1 aliphatic rings. The van der Waals surface area contributed by atoms with Crippen LogP contribution in [0.5, 0.6) is 0 Å². The molecule has 0 bridgehead atoms. The number of rotatable bonds is 5. The molecule has 0 radical (unpaired) electrons. The van der Waals surface area contributed by atoms with Gasteiger partial charge in [0.1, 0.15) is 0 Å². The van der Waals surface area contributed by atoms with Crippen molar-refractivity contribution in [2.75, 3.05) is 19.6 Å². The lowest BCUT2D eigenvalue weighted by atomic mass is 10.1. The van der Waals surface area contributed by atoms with Gasteiger partial charge in [0.25, 0.3) is 5.91 Å². The van der Waals surface area contributed by atoms with Crippen molar-refractivity contribution in [1.82, 2.24) is 30.9 Å². The van der Waals surface area contributed by atoms with E-state index in [1.807, 2.05) is 20.8 Å². The minimum absolute atomic E-state index is 0.0907. The highest BCUT2D eigenvalue weighted by Gasteiger charge is 2.21. The molecule has 8 heteroatoms. The van der Waals surface area contributed by atoms with Gasteiger partial charge in [-0.25, -0.2) is 4.68 Å². The second-order valence-corrected chi connectivity index (χ2v) is 6.20. The fraction of sp³-hybridized carbons (Fsp3) is 0.692. The molecule has 1 aliphatic heterocycles. The van der Waals surface area contributed by atoms with E-state index < -0.39 is 0 Å². The van der Waals surface area contributed by atoms with Gasteiger partial charge in [0.05, 0.1) is 12.2 Å². The SMILES string of the molecule is CC(C)(C)NC(=O)CCNC(=O)c1cn(C2CNC2)nn1. The van der Waals surface area contributed by atoms with Crippen LogP contribution in [0, 0.1) is 0 Å². The van der Waals surface area contributed by atoms with Crippen molar-refractivity contribution in [2.45, 2.75) is 38.8 Å². The molecule has 2 rings (SSSR count). The van der Waals surface area contributed by atoms with Crippen LogP contribution in [0.3, 0.4) is 0 Å². The van der Waals surface area contributed by atoms with Gasteiger partial charge < -0.3 is 16.0 Å². The first kappa shape index (κ1) is 15.4. The van der Waals surface area contributed by atoms with E-state index in [4.69, 9.17) is 0 Å². The van der Waals surface area contributed by atoms with Crippen LogP contribution in [0.25, 0.3) is 0 Å². The maximum atomic E-state index is 11.9. The van der Waals surface area contributed by atoms with Crippen LogP contribution in [0.2, 0.25) is 0 Å². The zero-order valence-electron chi connectivity index (χ0n) is 12.6. The van der Waals surface area contributed by atoms with Crippen LogP contribution in [-0.2, 0) is 4.79 Å². The first-order valence-corrected chi connectivity index (χ1v) is 7.07. The highest BCUT2D eigenvalue weighted by Crippen LogP contribution is 2.09. The Labute approximate surface area is 123 Å². The van der Waals surface area contributed by atoms with Gasteiger partial charge in [-0.3, -0.25) is 9.59 Å². The topological polar surface area (TPSA) is 101 Å². The first-order chi connectivity index (χ1) is 9.85. The van der Waals surface area contributed by atoms with Crippen LogP contribution in [0.15, 0.2) is 6.20 Å². The molecule has 0 aromatic carbocycles. The highest BCUT2D eigenvalue weighted by atomic mass is 16.2. The second kappa shape index (κ2) is 6.21. The Hall–Kier alpha value is -1.96. The van der Waals surface area contributed by atoms with E-state index in [2.05, 4.69) is 26.3 Å². The van der Waals surface area contributed by atoms with Crippen LogP contribution < -0.4 is 16.0 Å². The first-order valence-electron chi connectivity index (χ1n) is 7.07. The van der Waals surface area contributed by atoms with Gasteiger partial charge in [-0.1, -0.05) is 5.21 Å². The maximum Gasteiger partial charge on any atom is 0.273 e. The lowest BCUT2D eigenvalue weighted by Crippen LogP contribution is -2.43. The number of nitrogens with one attached hydrogen (secondary N) is 3. The summed E-state index contributed by atoms with van der Waals surface area (Å²) in [4.78, 5) is 23.5. The Morgan fingerprint density at radius 3 is 2.71 bits per heavy atom. The van der Waals surface area contributed by atoms with Gasteiger partial charge in [-0.2, -0.15) is 0 Å². The van der Waals surface area contributed by atoms with Crippen molar-refractivity contribution in [2.24, 2.45) is 0 Å². The predicted molar refractivity (Wildman–Crippen MR) is 76.8 cm³/mol. The van der Waals surface area contributed by atoms with Crippen LogP contribution >= 0.6 is 0 Å². The van der Waals surface area contributed by atoms with Crippen molar-refractivity contribution in [1.29, 1.82) is 0 Å². The summed E-state index contributed by atoms with van der Waals surface area (Å²) in [5.41, 5.74) is 0.0127. The van der Waals surface area contributed by atoms with Gasteiger partial charge in [-0.15, -0.1) is 5.10 Å². The molecule has 2 amide bonds. The molecule has 8 nitrogen and oxygen atoms in total. The Balaban J connectivity index is 1.74.